The summed E-state index contributed by atoms with van der Waals surface area (Å²) in [4.78, 5) is 4.57. The van der Waals surface area contributed by atoms with E-state index in [1.165, 1.54) is 0 Å². The lowest BCUT2D eigenvalue weighted by molar-refractivity contribution is 0.384. The van der Waals surface area contributed by atoms with Crippen LogP contribution in [0, 0.1) is 17.8 Å². The Morgan fingerprint density at radius 1 is 0.923 bits per heavy atom. The molecule has 0 rings (SSSR count). The first kappa shape index (κ1) is 12.7. The zero-order valence-corrected chi connectivity index (χ0v) is 10.3. The van der Waals surface area contributed by atoms with Gasteiger partial charge in [0.1, 0.15) is 0 Å². The molecule has 0 radical (unpaired) electrons. The number of nitrogens with zero attached hydrogens (tertiary/aromatic N) is 1. The van der Waals surface area contributed by atoms with Gasteiger partial charge < -0.3 is 0 Å². The molecule has 0 aromatic heterocycles. The Morgan fingerprint density at radius 2 is 1.31 bits per heavy atom. The molecule has 0 unspecified atom stereocenters. The summed E-state index contributed by atoms with van der Waals surface area (Å²) in [6.45, 7) is 15.5. The Morgan fingerprint density at radius 3 is 1.54 bits per heavy atom. The van der Waals surface area contributed by atoms with Gasteiger partial charge in [0, 0.05) is 6.21 Å². The highest BCUT2D eigenvalue weighted by Gasteiger charge is 2.16. The molecule has 1 heteroatoms. The molecule has 0 aromatic rings. The molecule has 0 saturated carbocycles. The summed E-state index contributed by atoms with van der Waals surface area (Å²) >= 11 is 0. The minimum atomic E-state index is 0.0715. The zero-order chi connectivity index (χ0) is 10.6. The van der Waals surface area contributed by atoms with Crippen molar-refractivity contribution in [2.75, 3.05) is 0 Å². The van der Waals surface area contributed by atoms with Gasteiger partial charge in [0.15, 0.2) is 0 Å². The molecule has 0 N–H and O–H groups in total. The molecule has 0 aliphatic heterocycles. The van der Waals surface area contributed by atoms with Gasteiger partial charge in [0.2, 0.25) is 0 Å². The highest BCUT2D eigenvalue weighted by atomic mass is 14.8. The predicted molar refractivity (Wildman–Crippen MR) is 61.4 cm³/mol. The Kier molecular flexibility index (Phi) is 4.66. The van der Waals surface area contributed by atoms with Crippen molar-refractivity contribution < 1.29 is 0 Å². The summed E-state index contributed by atoms with van der Waals surface area (Å²) in [6.07, 6.45) is 2.15. The van der Waals surface area contributed by atoms with Crippen molar-refractivity contribution in [3.8, 4) is 0 Å². The Bertz CT molecular complexity index is 152. The second-order valence-corrected chi connectivity index (χ2v) is 5.51. The third kappa shape index (κ3) is 5.84. The van der Waals surface area contributed by atoms with Gasteiger partial charge in [0.05, 0.1) is 5.54 Å². The standard InChI is InChI=1S/C12H25N/c1-9(2)11(10(3)4)8-13-12(5,6)7/h8-11H,1-7H3/b13-8+. The van der Waals surface area contributed by atoms with Crippen molar-refractivity contribution in [3.63, 3.8) is 0 Å². The van der Waals surface area contributed by atoms with Crippen LogP contribution in [0.3, 0.4) is 0 Å². The van der Waals surface area contributed by atoms with E-state index in [1.54, 1.807) is 0 Å². The summed E-state index contributed by atoms with van der Waals surface area (Å²) in [5, 5.41) is 0. The maximum atomic E-state index is 4.57. The molecule has 13 heavy (non-hydrogen) atoms. The van der Waals surface area contributed by atoms with E-state index in [9.17, 15) is 0 Å². The van der Waals surface area contributed by atoms with Gasteiger partial charge in [-0.2, -0.15) is 0 Å². The second kappa shape index (κ2) is 4.78. The van der Waals surface area contributed by atoms with Crippen molar-refractivity contribution in [1.82, 2.24) is 0 Å². The van der Waals surface area contributed by atoms with Gasteiger partial charge in [0.25, 0.3) is 0 Å². The lowest BCUT2D eigenvalue weighted by atomic mass is 9.86. The van der Waals surface area contributed by atoms with Crippen LogP contribution in [-0.2, 0) is 0 Å². The predicted octanol–water partition coefficient (Wildman–Crippen LogP) is 3.78. The van der Waals surface area contributed by atoms with Crippen molar-refractivity contribution in [2.24, 2.45) is 22.7 Å². The van der Waals surface area contributed by atoms with Crippen LogP contribution in [0.25, 0.3) is 0 Å². The summed E-state index contributed by atoms with van der Waals surface area (Å²) in [6, 6.07) is 0. The maximum Gasteiger partial charge on any atom is 0.0520 e. The first-order valence-corrected chi connectivity index (χ1v) is 5.29. The van der Waals surface area contributed by atoms with E-state index in [-0.39, 0.29) is 5.54 Å². The van der Waals surface area contributed by atoms with E-state index in [0.717, 1.165) is 0 Å². The first-order valence-electron chi connectivity index (χ1n) is 5.29. The Hall–Kier alpha value is -0.330. The molecule has 0 saturated heterocycles. The fraction of sp³-hybridized carbons (Fsp3) is 0.917. The number of hydrogen-bond acceptors (Lipinski definition) is 1. The van der Waals surface area contributed by atoms with Crippen LogP contribution in [0.2, 0.25) is 0 Å². The maximum absolute atomic E-state index is 4.57. The molecule has 0 aliphatic rings. The quantitative estimate of drug-likeness (QED) is 0.590. The fourth-order valence-electron chi connectivity index (χ4n) is 1.42. The average molecular weight is 183 g/mol. The van der Waals surface area contributed by atoms with Crippen LogP contribution in [-0.4, -0.2) is 11.8 Å². The largest absolute Gasteiger partial charge is 0.291 e. The van der Waals surface area contributed by atoms with Crippen LogP contribution in [0.15, 0.2) is 4.99 Å². The minimum absolute atomic E-state index is 0.0715. The fourth-order valence-corrected chi connectivity index (χ4v) is 1.42. The van der Waals surface area contributed by atoms with E-state index >= 15 is 0 Å². The molecule has 0 aromatic carbocycles. The molecule has 0 fully saturated rings. The Balaban J connectivity index is 4.35. The van der Waals surface area contributed by atoms with E-state index < -0.39 is 0 Å². The zero-order valence-electron chi connectivity index (χ0n) is 10.3. The molecular formula is C12H25N. The highest BCUT2D eigenvalue weighted by molar-refractivity contribution is 5.62. The van der Waals surface area contributed by atoms with E-state index in [4.69, 9.17) is 0 Å². The Labute approximate surface area is 83.6 Å². The molecule has 78 valence electrons. The van der Waals surface area contributed by atoms with Gasteiger partial charge in [-0.25, -0.2) is 0 Å². The normalized spacial score (nSPS) is 14.0. The van der Waals surface area contributed by atoms with Gasteiger partial charge in [-0.3, -0.25) is 4.99 Å². The lowest BCUT2D eigenvalue weighted by Crippen LogP contribution is -2.20. The summed E-state index contributed by atoms with van der Waals surface area (Å²) in [5.41, 5.74) is 0.0715. The minimum Gasteiger partial charge on any atom is -0.291 e. The highest BCUT2D eigenvalue weighted by Crippen LogP contribution is 2.19. The third-order valence-corrected chi connectivity index (χ3v) is 2.17. The summed E-state index contributed by atoms with van der Waals surface area (Å²) < 4.78 is 0. The number of aliphatic imine (C=N–C) groups is 1. The molecular weight excluding hydrogens is 158 g/mol. The summed E-state index contributed by atoms with van der Waals surface area (Å²) in [7, 11) is 0. The molecule has 0 aliphatic carbocycles. The average Bonchev–Trinajstić information content (AvgIpc) is 1.82. The van der Waals surface area contributed by atoms with Crippen molar-refractivity contribution >= 4 is 6.21 Å². The lowest BCUT2D eigenvalue weighted by Gasteiger charge is -2.22. The topological polar surface area (TPSA) is 12.4 Å². The number of rotatable bonds is 3. The van der Waals surface area contributed by atoms with E-state index in [2.05, 4.69) is 59.7 Å². The molecule has 0 spiro atoms. The van der Waals surface area contributed by atoms with Gasteiger partial charge in [-0.05, 0) is 38.5 Å². The van der Waals surface area contributed by atoms with E-state index in [0.29, 0.717) is 17.8 Å². The van der Waals surface area contributed by atoms with Crippen LogP contribution < -0.4 is 0 Å². The van der Waals surface area contributed by atoms with Crippen LogP contribution in [0.1, 0.15) is 48.5 Å². The number of hydrogen-bond donors (Lipinski definition) is 0. The molecule has 0 amide bonds. The van der Waals surface area contributed by atoms with Crippen molar-refractivity contribution in [2.45, 2.75) is 54.0 Å². The summed E-state index contributed by atoms with van der Waals surface area (Å²) in [5.74, 6) is 1.98. The third-order valence-electron chi connectivity index (χ3n) is 2.17. The molecule has 1 nitrogen and oxygen atoms in total. The van der Waals surface area contributed by atoms with Crippen molar-refractivity contribution in [3.05, 3.63) is 0 Å². The molecule has 0 heterocycles. The SMILES string of the molecule is CC(C)C(/C=N/C(C)(C)C)C(C)C. The van der Waals surface area contributed by atoms with Crippen LogP contribution >= 0.6 is 0 Å². The van der Waals surface area contributed by atoms with Gasteiger partial charge in [-0.15, -0.1) is 0 Å². The van der Waals surface area contributed by atoms with Gasteiger partial charge >= 0.3 is 0 Å². The van der Waals surface area contributed by atoms with Crippen LogP contribution in [0.5, 0.6) is 0 Å². The smallest absolute Gasteiger partial charge is 0.0520 e. The van der Waals surface area contributed by atoms with Gasteiger partial charge in [-0.1, -0.05) is 27.7 Å². The first-order chi connectivity index (χ1) is 5.74. The van der Waals surface area contributed by atoms with E-state index in [1.807, 2.05) is 0 Å². The second-order valence-electron chi connectivity index (χ2n) is 5.51. The van der Waals surface area contributed by atoms with Crippen LogP contribution in [0.4, 0.5) is 0 Å². The molecule has 0 bridgehead atoms. The monoisotopic (exact) mass is 183 g/mol. The molecule has 0 atom stereocenters. The van der Waals surface area contributed by atoms with Crippen molar-refractivity contribution in [1.29, 1.82) is 0 Å².